The molecule has 1 saturated heterocycles. The number of likely N-dealkylation sites (tertiary alicyclic amines) is 1. The van der Waals surface area contributed by atoms with Gasteiger partial charge >= 0.3 is 0 Å². The van der Waals surface area contributed by atoms with Crippen LogP contribution in [0.2, 0.25) is 0 Å². The molecule has 0 aromatic heterocycles. The van der Waals surface area contributed by atoms with Crippen LogP contribution in [0.25, 0.3) is 16.5 Å². The van der Waals surface area contributed by atoms with E-state index >= 15 is 0 Å². The van der Waals surface area contributed by atoms with E-state index in [1.54, 1.807) is 29.2 Å². The summed E-state index contributed by atoms with van der Waals surface area (Å²) in [5.74, 6) is -1.36. The van der Waals surface area contributed by atoms with Gasteiger partial charge in [-0.25, -0.2) is 0 Å². The summed E-state index contributed by atoms with van der Waals surface area (Å²) in [4.78, 5) is 29.6. The molecule has 1 aliphatic rings. The van der Waals surface area contributed by atoms with Gasteiger partial charge in [-0.1, -0.05) is 72.8 Å². The molecule has 3 aromatic carbocycles. The molecule has 1 atom stereocenters. The number of aliphatic hydroxyl groups is 1. The average molecular weight is 400 g/mol. The average Bonchev–Trinajstić information content (AvgIpc) is 3.02. The van der Waals surface area contributed by atoms with Crippen molar-refractivity contribution in [3.8, 4) is 0 Å². The molecule has 4 rings (SSSR count). The number of fused-ring (bicyclic) bond motifs is 1. The number of hydrogen-bond acceptors (Lipinski definition) is 4. The van der Waals surface area contributed by atoms with Crippen molar-refractivity contribution in [2.45, 2.75) is 6.04 Å². The Morgan fingerprint density at radius 3 is 2.33 bits per heavy atom. The fraction of sp³-hybridized carbons (Fsp3) is 0.200. The zero-order valence-electron chi connectivity index (χ0n) is 17.1. The predicted molar refractivity (Wildman–Crippen MR) is 118 cm³/mol. The van der Waals surface area contributed by atoms with Crippen LogP contribution in [-0.4, -0.2) is 53.8 Å². The Bertz CT molecular complexity index is 1130. The lowest BCUT2D eigenvalue weighted by Gasteiger charge is -2.27. The van der Waals surface area contributed by atoms with Gasteiger partial charge in [-0.2, -0.15) is 0 Å². The largest absolute Gasteiger partial charge is 0.507 e. The molecule has 0 aliphatic carbocycles. The van der Waals surface area contributed by atoms with E-state index in [4.69, 9.17) is 0 Å². The number of likely N-dealkylation sites (N-methyl/N-ethyl adjacent to an activating group) is 1. The van der Waals surface area contributed by atoms with Gasteiger partial charge in [0.25, 0.3) is 11.7 Å². The first-order valence-electron chi connectivity index (χ1n) is 9.95. The minimum absolute atomic E-state index is 0.140. The molecule has 1 aliphatic heterocycles. The van der Waals surface area contributed by atoms with Gasteiger partial charge in [-0.05, 0) is 30.4 Å². The van der Waals surface area contributed by atoms with Crippen molar-refractivity contribution >= 4 is 28.2 Å². The van der Waals surface area contributed by atoms with E-state index in [2.05, 4.69) is 0 Å². The van der Waals surface area contributed by atoms with Gasteiger partial charge in [0.2, 0.25) is 0 Å². The molecule has 0 radical (unpaired) electrons. The maximum absolute atomic E-state index is 13.1. The number of ketones is 1. The Labute approximate surface area is 175 Å². The highest BCUT2D eigenvalue weighted by molar-refractivity contribution is 6.46. The van der Waals surface area contributed by atoms with Crippen molar-refractivity contribution in [2.75, 3.05) is 27.2 Å². The number of carbonyl (C=O) groups excluding carboxylic acids is 2. The molecule has 0 saturated carbocycles. The van der Waals surface area contributed by atoms with Crippen LogP contribution in [0, 0.1) is 0 Å². The molecule has 1 heterocycles. The highest BCUT2D eigenvalue weighted by atomic mass is 16.3. The molecule has 1 fully saturated rings. The standard InChI is InChI=1S/C25H24N2O3/c1-26(2)15-16-27-22(20-14-8-12-17-9-6-7-13-19(17)20)21(24(29)25(27)30)23(28)18-10-4-3-5-11-18/h3-14,22,28H,15-16H2,1-2H3/b23-21-. The molecule has 1 unspecified atom stereocenters. The number of Topliss-reactive ketones (excluding diaryl/α,β-unsaturated/α-hetero) is 1. The van der Waals surface area contributed by atoms with E-state index in [0.717, 1.165) is 16.3 Å². The lowest BCUT2D eigenvalue weighted by molar-refractivity contribution is -0.140. The van der Waals surface area contributed by atoms with E-state index in [0.29, 0.717) is 18.7 Å². The number of rotatable bonds is 5. The van der Waals surface area contributed by atoms with Crippen LogP contribution >= 0.6 is 0 Å². The number of nitrogens with zero attached hydrogens (tertiary/aromatic N) is 2. The topological polar surface area (TPSA) is 60.9 Å². The van der Waals surface area contributed by atoms with Gasteiger partial charge in [0.1, 0.15) is 5.76 Å². The number of aliphatic hydroxyl groups excluding tert-OH is 1. The SMILES string of the molecule is CN(C)CCN1C(=O)C(=O)/C(=C(\O)c2ccccc2)C1c1cccc2ccccc12. The third kappa shape index (κ3) is 3.48. The fourth-order valence-corrected chi connectivity index (χ4v) is 3.98. The lowest BCUT2D eigenvalue weighted by Crippen LogP contribution is -2.35. The Morgan fingerprint density at radius 1 is 0.933 bits per heavy atom. The summed E-state index contributed by atoms with van der Waals surface area (Å²) in [6.45, 7) is 0.997. The predicted octanol–water partition coefficient (Wildman–Crippen LogP) is 3.82. The zero-order valence-corrected chi connectivity index (χ0v) is 17.1. The first-order valence-corrected chi connectivity index (χ1v) is 9.95. The molecular formula is C25H24N2O3. The van der Waals surface area contributed by atoms with Crippen molar-refractivity contribution in [3.63, 3.8) is 0 Å². The van der Waals surface area contributed by atoms with Gasteiger partial charge < -0.3 is 14.9 Å². The zero-order chi connectivity index (χ0) is 21.3. The third-order valence-electron chi connectivity index (χ3n) is 5.49. The molecule has 5 nitrogen and oxygen atoms in total. The van der Waals surface area contributed by atoms with Crippen molar-refractivity contribution in [1.29, 1.82) is 0 Å². The van der Waals surface area contributed by atoms with Crippen LogP contribution in [-0.2, 0) is 9.59 Å². The molecule has 152 valence electrons. The second-order valence-electron chi connectivity index (χ2n) is 7.73. The highest BCUT2D eigenvalue weighted by Gasteiger charge is 2.46. The van der Waals surface area contributed by atoms with Gasteiger partial charge in [-0.15, -0.1) is 0 Å². The normalized spacial score (nSPS) is 18.5. The molecule has 0 spiro atoms. The van der Waals surface area contributed by atoms with Crippen LogP contribution in [0.4, 0.5) is 0 Å². The van der Waals surface area contributed by atoms with Crippen LogP contribution in [0.1, 0.15) is 17.2 Å². The van der Waals surface area contributed by atoms with Gasteiger partial charge in [-0.3, -0.25) is 9.59 Å². The van der Waals surface area contributed by atoms with Gasteiger partial charge in [0.15, 0.2) is 0 Å². The Kier molecular flexibility index (Phi) is 5.38. The maximum Gasteiger partial charge on any atom is 0.295 e. The smallest absolute Gasteiger partial charge is 0.295 e. The number of carbonyl (C=O) groups is 2. The lowest BCUT2D eigenvalue weighted by atomic mass is 9.91. The van der Waals surface area contributed by atoms with E-state index in [9.17, 15) is 14.7 Å². The Balaban J connectivity index is 1.94. The quantitative estimate of drug-likeness (QED) is 0.402. The molecule has 1 amide bonds. The van der Waals surface area contributed by atoms with Gasteiger partial charge in [0.05, 0.1) is 11.6 Å². The summed E-state index contributed by atoms with van der Waals surface area (Å²) in [6, 6.07) is 22.0. The van der Waals surface area contributed by atoms with Crippen molar-refractivity contribution < 1.29 is 14.7 Å². The molecule has 1 N–H and O–H groups in total. The number of hydrogen-bond donors (Lipinski definition) is 1. The summed E-state index contributed by atoms with van der Waals surface area (Å²) >= 11 is 0. The Morgan fingerprint density at radius 2 is 1.60 bits per heavy atom. The van der Waals surface area contributed by atoms with Crippen molar-refractivity contribution in [3.05, 3.63) is 89.5 Å². The van der Waals surface area contributed by atoms with Gasteiger partial charge in [0, 0.05) is 18.7 Å². The van der Waals surface area contributed by atoms with E-state index in [1.807, 2.05) is 67.5 Å². The minimum atomic E-state index is -0.645. The van der Waals surface area contributed by atoms with Crippen LogP contribution < -0.4 is 0 Å². The van der Waals surface area contributed by atoms with Crippen molar-refractivity contribution in [1.82, 2.24) is 9.80 Å². The molecule has 0 bridgehead atoms. The summed E-state index contributed by atoms with van der Waals surface area (Å²) < 4.78 is 0. The van der Waals surface area contributed by atoms with E-state index in [1.165, 1.54) is 0 Å². The minimum Gasteiger partial charge on any atom is -0.507 e. The van der Waals surface area contributed by atoms with Crippen LogP contribution in [0.5, 0.6) is 0 Å². The maximum atomic E-state index is 13.1. The highest BCUT2D eigenvalue weighted by Crippen LogP contribution is 2.41. The summed E-state index contributed by atoms with van der Waals surface area (Å²) in [6.07, 6.45) is 0. The molecule has 30 heavy (non-hydrogen) atoms. The number of amides is 1. The molecular weight excluding hydrogens is 376 g/mol. The second kappa shape index (κ2) is 8.13. The van der Waals surface area contributed by atoms with Crippen LogP contribution in [0.3, 0.4) is 0 Å². The summed E-state index contributed by atoms with van der Waals surface area (Å²) in [5, 5.41) is 13.1. The first-order chi connectivity index (χ1) is 14.5. The summed E-state index contributed by atoms with van der Waals surface area (Å²) in [5.41, 5.74) is 1.50. The second-order valence-corrected chi connectivity index (χ2v) is 7.73. The first kappa shape index (κ1) is 19.9. The van der Waals surface area contributed by atoms with Crippen molar-refractivity contribution in [2.24, 2.45) is 0 Å². The Hall–Kier alpha value is -3.44. The third-order valence-corrected chi connectivity index (χ3v) is 5.49. The summed E-state index contributed by atoms with van der Waals surface area (Å²) in [7, 11) is 3.85. The van der Waals surface area contributed by atoms with E-state index in [-0.39, 0.29) is 11.3 Å². The fourth-order valence-electron chi connectivity index (χ4n) is 3.98. The molecule has 5 heteroatoms. The number of benzene rings is 3. The monoisotopic (exact) mass is 400 g/mol. The molecule has 3 aromatic rings. The van der Waals surface area contributed by atoms with Crippen LogP contribution in [0.15, 0.2) is 78.4 Å². The van der Waals surface area contributed by atoms with E-state index < -0.39 is 17.7 Å².